The topological polar surface area (TPSA) is 63.6 Å². The summed E-state index contributed by atoms with van der Waals surface area (Å²) in [7, 11) is 1.17. The van der Waals surface area contributed by atoms with E-state index in [1.807, 2.05) is 0 Å². The number of esters is 1. The van der Waals surface area contributed by atoms with Gasteiger partial charge in [0.05, 0.1) is 12.7 Å². The highest BCUT2D eigenvalue weighted by molar-refractivity contribution is 5.89. The molecule has 5 heteroatoms. The number of carboxylic acids is 1. The molecule has 0 unspecified atom stereocenters. The van der Waals surface area contributed by atoms with Gasteiger partial charge in [0.15, 0.2) is 0 Å². The molecule has 0 aromatic heterocycles. The van der Waals surface area contributed by atoms with Crippen molar-refractivity contribution >= 4 is 11.9 Å². The van der Waals surface area contributed by atoms with Crippen LogP contribution in [0.25, 0.3) is 0 Å². The minimum absolute atomic E-state index is 0.0724. The number of hydrogen-bond acceptors (Lipinski definition) is 3. The van der Waals surface area contributed by atoms with E-state index in [0.717, 1.165) is 6.07 Å². The lowest BCUT2D eigenvalue weighted by Crippen LogP contribution is -2.05. The van der Waals surface area contributed by atoms with Crippen LogP contribution in [0.5, 0.6) is 0 Å². The van der Waals surface area contributed by atoms with Crippen molar-refractivity contribution < 1.29 is 23.8 Å². The Balaban J connectivity index is 2.82. The molecular weight excluding hydrogens is 215 g/mol. The predicted molar refractivity (Wildman–Crippen MR) is 53.7 cm³/mol. The first kappa shape index (κ1) is 12.2. The van der Waals surface area contributed by atoms with Crippen molar-refractivity contribution in [1.82, 2.24) is 0 Å². The van der Waals surface area contributed by atoms with Crippen molar-refractivity contribution in [2.75, 3.05) is 7.11 Å². The van der Waals surface area contributed by atoms with E-state index in [2.05, 4.69) is 4.74 Å². The Morgan fingerprint density at radius 1 is 1.44 bits per heavy atom. The first-order chi connectivity index (χ1) is 7.54. The Morgan fingerprint density at radius 3 is 2.62 bits per heavy atom. The van der Waals surface area contributed by atoms with Crippen LogP contribution in [0.2, 0.25) is 0 Å². The Labute approximate surface area is 91.7 Å². The largest absolute Gasteiger partial charge is 0.481 e. The third kappa shape index (κ3) is 3.05. The van der Waals surface area contributed by atoms with Crippen molar-refractivity contribution in [3.8, 4) is 0 Å². The molecule has 1 aromatic rings. The fourth-order valence-electron chi connectivity index (χ4n) is 1.24. The fourth-order valence-corrected chi connectivity index (χ4v) is 1.24. The second-order valence-electron chi connectivity index (χ2n) is 3.20. The quantitative estimate of drug-likeness (QED) is 0.792. The Hall–Kier alpha value is -1.91. The average Bonchev–Trinajstić information content (AvgIpc) is 2.25. The van der Waals surface area contributed by atoms with Gasteiger partial charge in [-0.25, -0.2) is 9.18 Å². The number of carboxylic acid groups (broad SMARTS) is 1. The number of ether oxygens (including phenoxy) is 1. The highest BCUT2D eigenvalue weighted by Crippen LogP contribution is 2.13. The van der Waals surface area contributed by atoms with Crippen LogP contribution in [-0.4, -0.2) is 24.2 Å². The molecule has 0 aliphatic rings. The highest BCUT2D eigenvalue weighted by atomic mass is 19.1. The summed E-state index contributed by atoms with van der Waals surface area (Å²) in [6.45, 7) is 0. The van der Waals surface area contributed by atoms with E-state index in [1.54, 1.807) is 0 Å². The second-order valence-corrected chi connectivity index (χ2v) is 3.20. The number of halogens is 1. The maximum absolute atomic E-state index is 13.4. The Morgan fingerprint density at radius 2 is 2.12 bits per heavy atom. The van der Waals surface area contributed by atoms with Crippen LogP contribution in [0, 0.1) is 5.82 Å². The van der Waals surface area contributed by atoms with Gasteiger partial charge in [0.1, 0.15) is 5.82 Å². The van der Waals surface area contributed by atoms with Crippen molar-refractivity contribution in [2.45, 2.75) is 12.8 Å². The summed E-state index contributed by atoms with van der Waals surface area (Å²) in [4.78, 5) is 21.4. The summed E-state index contributed by atoms with van der Waals surface area (Å²) in [5, 5.41) is 8.46. The SMILES string of the molecule is COC(=O)c1ccc(CCC(=O)O)cc1F. The number of aliphatic carboxylic acids is 1. The van der Waals surface area contributed by atoms with Crippen molar-refractivity contribution in [1.29, 1.82) is 0 Å². The smallest absolute Gasteiger partial charge is 0.340 e. The van der Waals surface area contributed by atoms with Gasteiger partial charge in [-0.15, -0.1) is 0 Å². The van der Waals surface area contributed by atoms with E-state index in [1.165, 1.54) is 19.2 Å². The standard InChI is InChI=1S/C11H11FO4/c1-16-11(15)8-4-2-7(6-9(8)12)3-5-10(13)14/h2,4,6H,3,5H2,1H3,(H,13,14). The number of aryl methyl sites for hydroxylation is 1. The second kappa shape index (κ2) is 5.25. The van der Waals surface area contributed by atoms with E-state index in [9.17, 15) is 14.0 Å². The third-order valence-corrected chi connectivity index (χ3v) is 2.07. The third-order valence-electron chi connectivity index (χ3n) is 2.07. The first-order valence-corrected chi connectivity index (χ1v) is 4.63. The molecule has 16 heavy (non-hydrogen) atoms. The fraction of sp³-hybridized carbons (Fsp3) is 0.273. The molecule has 86 valence electrons. The molecule has 0 bridgehead atoms. The zero-order valence-electron chi connectivity index (χ0n) is 8.70. The molecule has 0 fully saturated rings. The van der Waals surface area contributed by atoms with E-state index >= 15 is 0 Å². The van der Waals surface area contributed by atoms with Gasteiger partial charge in [0, 0.05) is 6.42 Å². The number of benzene rings is 1. The van der Waals surface area contributed by atoms with Gasteiger partial charge in [-0.2, -0.15) is 0 Å². The molecule has 1 aromatic carbocycles. The normalized spacial score (nSPS) is 9.88. The molecule has 0 radical (unpaired) electrons. The molecule has 0 saturated heterocycles. The van der Waals surface area contributed by atoms with Gasteiger partial charge in [0.25, 0.3) is 0 Å². The molecule has 1 rings (SSSR count). The number of rotatable bonds is 4. The average molecular weight is 226 g/mol. The maximum Gasteiger partial charge on any atom is 0.340 e. The lowest BCUT2D eigenvalue weighted by molar-refractivity contribution is -0.136. The number of methoxy groups -OCH3 is 1. The number of carbonyl (C=O) groups excluding carboxylic acids is 1. The van der Waals surface area contributed by atoms with Crippen LogP contribution in [0.3, 0.4) is 0 Å². The zero-order chi connectivity index (χ0) is 12.1. The lowest BCUT2D eigenvalue weighted by atomic mass is 10.1. The van der Waals surface area contributed by atoms with Crippen molar-refractivity contribution in [2.24, 2.45) is 0 Å². The predicted octanol–water partition coefficient (Wildman–Crippen LogP) is 1.63. The Kier molecular flexibility index (Phi) is 3.99. The van der Waals surface area contributed by atoms with E-state index in [4.69, 9.17) is 5.11 Å². The first-order valence-electron chi connectivity index (χ1n) is 4.63. The molecule has 0 aliphatic heterocycles. The minimum Gasteiger partial charge on any atom is -0.481 e. The lowest BCUT2D eigenvalue weighted by Gasteiger charge is -2.03. The molecule has 4 nitrogen and oxygen atoms in total. The summed E-state index contributed by atoms with van der Waals surface area (Å²) < 4.78 is 17.7. The van der Waals surface area contributed by atoms with Crippen LogP contribution >= 0.6 is 0 Å². The van der Waals surface area contributed by atoms with Crippen molar-refractivity contribution in [3.63, 3.8) is 0 Å². The van der Waals surface area contributed by atoms with Crippen LogP contribution in [0.4, 0.5) is 4.39 Å². The summed E-state index contributed by atoms with van der Waals surface area (Å²) in [5.74, 6) is -2.39. The van der Waals surface area contributed by atoms with Crippen LogP contribution in [0.15, 0.2) is 18.2 Å². The van der Waals surface area contributed by atoms with E-state index < -0.39 is 17.8 Å². The van der Waals surface area contributed by atoms with Gasteiger partial charge in [-0.05, 0) is 24.1 Å². The molecule has 0 atom stereocenters. The van der Waals surface area contributed by atoms with E-state index in [-0.39, 0.29) is 18.4 Å². The van der Waals surface area contributed by atoms with Gasteiger partial charge < -0.3 is 9.84 Å². The maximum atomic E-state index is 13.4. The summed E-state index contributed by atoms with van der Waals surface area (Å²) in [6.07, 6.45) is 0.157. The molecule has 0 heterocycles. The summed E-state index contributed by atoms with van der Waals surface area (Å²) in [5.41, 5.74) is 0.383. The molecule has 0 saturated carbocycles. The summed E-state index contributed by atoms with van der Waals surface area (Å²) >= 11 is 0. The van der Waals surface area contributed by atoms with E-state index in [0.29, 0.717) is 5.56 Å². The number of carbonyl (C=O) groups is 2. The van der Waals surface area contributed by atoms with Crippen LogP contribution < -0.4 is 0 Å². The minimum atomic E-state index is -0.947. The van der Waals surface area contributed by atoms with Gasteiger partial charge >= 0.3 is 11.9 Å². The molecule has 0 spiro atoms. The summed E-state index contributed by atoms with van der Waals surface area (Å²) in [6, 6.07) is 3.95. The monoisotopic (exact) mass is 226 g/mol. The van der Waals surface area contributed by atoms with Gasteiger partial charge in [-0.3, -0.25) is 4.79 Å². The molecule has 1 N–H and O–H groups in total. The number of hydrogen-bond donors (Lipinski definition) is 1. The van der Waals surface area contributed by atoms with Crippen LogP contribution in [-0.2, 0) is 16.0 Å². The molecule has 0 amide bonds. The van der Waals surface area contributed by atoms with Gasteiger partial charge in [-0.1, -0.05) is 6.07 Å². The van der Waals surface area contributed by atoms with Crippen LogP contribution in [0.1, 0.15) is 22.3 Å². The Bertz CT molecular complexity index is 414. The van der Waals surface area contributed by atoms with Crippen molar-refractivity contribution in [3.05, 3.63) is 35.1 Å². The highest BCUT2D eigenvalue weighted by Gasteiger charge is 2.12. The van der Waals surface area contributed by atoms with Gasteiger partial charge in [0.2, 0.25) is 0 Å². The molecule has 0 aliphatic carbocycles. The zero-order valence-corrected chi connectivity index (χ0v) is 8.70. The molecular formula is C11H11FO4.